The van der Waals surface area contributed by atoms with Gasteiger partial charge in [0.1, 0.15) is 11.5 Å². The van der Waals surface area contributed by atoms with Gasteiger partial charge in [0.25, 0.3) is 0 Å². The Bertz CT molecular complexity index is 772. The number of rotatable bonds is 9. The molecule has 1 fully saturated rings. The summed E-state index contributed by atoms with van der Waals surface area (Å²) in [4.78, 5) is 7.18. The zero-order valence-electron chi connectivity index (χ0n) is 18.0. The van der Waals surface area contributed by atoms with Crippen LogP contribution in [0, 0.1) is 6.92 Å². The third-order valence-corrected chi connectivity index (χ3v) is 5.24. The lowest BCUT2D eigenvalue weighted by molar-refractivity contribution is 0.0135. The van der Waals surface area contributed by atoms with Crippen molar-refractivity contribution in [2.24, 2.45) is 4.99 Å². The van der Waals surface area contributed by atoms with Gasteiger partial charge in [-0.3, -0.25) is 9.89 Å². The molecular weight excluding hydrogens is 380 g/mol. The second-order valence-electron chi connectivity index (χ2n) is 7.47. The largest absolute Gasteiger partial charge is 0.465 e. The van der Waals surface area contributed by atoms with E-state index in [2.05, 4.69) is 15.5 Å². The highest BCUT2D eigenvalue weighted by Crippen LogP contribution is 2.24. The van der Waals surface area contributed by atoms with Crippen molar-refractivity contribution in [2.75, 3.05) is 45.9 Å². The summed E-state index contributed by atoms with van der Waals surface area (Å²) in [5.74, 6) is 2.60. The van der Waals surface area contributed by atoms with Crippen molar-refractivity contribution in [3.8, 4) is 0 Å². The first-order valence-electron chi connectivity index (χ1n) is 10.8. The smallest absolute Gasteiger partial charge is 0.191 e. The number of hydrogen-bond donors (Lipinski definition) is 3. The molecule has 7 nitrogen and oxygen atoms in total. The number of ether oxygens (including phenoxy) is 1. The van der Waals surface area contributed by atoms with Gasteiger partial charge in [-0.25, -0.2) is 0 Å². The highest BCUT2D eigenvalue weighted by molar-refractivity contribution is 5.79. The first-order valence-corrected chi connectivity index (χ1v) is 10.8. The maximum absolute atomic E-state index is 10.4. The Morgan fingerprint density at radius 2 is 1.90 bits per heavy atom. The third-order valence-electron chi connectivity index (χ3n) is 5.24. The molecule has 0 saturated carbocycles. The Balaban J connectivity index is 1.60. The van der Waals surface area contributed by atoms with Crippen LogP contribution >= 0.6 is 0 Å². The minimum absolute atomic E-state index is 0.0768. The lowest BCUT2D eigenvalue weighted by atomic mass is 10.1. The summed E-state index contributed by atoms with van der Waals surface area (Å²) in [5.41, 5.74) is 0.932. The molecule has 0 bridgehead atoms. The second-order valence-corrected chi connectivity index (χ2v) is 7.47. The van der Waals surface area contributed by atoms with Gasteiger partial charge < -0.3 is 24.9 Å². The van der Waals surface area contributed by atoms with Crippen LogP contribution < -0.4 is 10.6 Å². The van der Waals surface area contributed by atoms with Crippen LogP contribution in [-0.4, -0.2) is 61.9 Å². The summed E-state index contributed by atoms with van der Waals surface area (Å²) in [6, 6.07) is 13.9. The quantitative estimate of drug-likeness (QED) is 0.432. The Morgan fingerprint density at radius 3 is 2.57 bits per heavy atom. The standard InChI is InChI=1S/C23H34N4O3/c1-3-24-23(25-12-11-21(28)19-7-5-4-6-8-19)26-17-20(22-10-9-18(2)30-22)27-13-15-29-16-14-27/h4-10,20-21,28H,3,11-17H2,1-2H3,(H2,24,25,26). The predicted molar refractivity (Wildman–Crippen MR) is 119 cm³/mol. The molecule has 0 amide bonds. The summed E-state index contributed by atoms with van der Waals surface area (Å²) in [7, 11) is 0. The van der Waals surface area contributed by atoms with Crippen LogP contribution in [0.2, 0.25) is 0 Å². The van der Waals surface area contributed by atoms with E-state index < -0.39 is 6.10 Å². The maximum Gasteiger partial charge on any atom is 0.191 e. The highest BCUT2D eigenvalue weighted by Gasteiger charge is 2.25. The Kier molecular flexibility index (Phi) is 8.74. The number of hydrogen-bond acceptors (Lipinski definition) is 5. The van der Waals surface area contributed by atoms with Crippen LogP contribution in [0.25, 0.3) is 0 Å². The van der Waals surface area contributed by atoms with Gasteiger partial charge in [-0.2, -0.15) is 0 Å². The van der Waals surface area contributed by atoms with Crippen LogP contribution in [0.1, 0.15) is 42.6 Å². The SMILES string of the molecule is CCNC(=NCC(c1ccc(C)o1)N1CCOCC1)NCCC(O)c1ccccc1. The lowest BCUT2D eigenvalue weighted by Crippen LogP contribution is -2.42. The molecule has 30 heavy (non-hydrogen) atoms. The number of benzene rings is 1. The third kappa shape index (κ3) is 6.58. The average Bonchev–Trinajstić information content (AvgIpc) is 3.21. The van der Waals surface area contributed by atoms with E-state index in [1.165, 1.54) is 0 Å². The first kappa shape index (κ1) is 22.3. The molecular formula is C23H34N4O3. The average molecular weight is 415 g/mol. The molecule has 1 aliphatic rings. The van der Waals surface area contributed by atoms with E-state index in [0.717, 1.165) is 55.9 Å². The van der Waals surface area contributed by atoms with Gasteiger partial charge in [-0.1, -0.05) is 30.3 Å². The van der Waals surface area contributed by atoms with Crippen molar-refractivity contribution in [2.45, 2.75) is 32.4 Å². The van der Waals surface area contributed by atoms with E-state index in [1.54, 1.807) is 0 Å². The molecule has 0 aliphatic carbocycles. The molecule has 1 aromatic heterocycles. The maximum atomic E-state index is 10.4. The van der Waals surface area contributed by atoms with E-state index in [-0.39, 0.29) is 6.04 Å². The minimum atomic E-state index is -0.492. The van der Waals surface area contributed by atoms with Crippen molar-refractivity contribution < 1.29 is 14.3 Å². The van der Waals surface area contributed by atoms with Gasteiger partial charge in [0, 0.05) is 26.2 Å². The summed E-state index contributed by atoms with van der Waals surface area (Å²) in [6.07, 6.45) is 0.118. The Morgan fingerprint density at radius 1 is 1.13 bits per heavy atom. The van der Waals surface area contributed by atoms with E-state index in [4.69, 9.17) is 14.1 Å². The minimum Gasteiger partial charge on any atom is -0.465 e. The normalized spacial score (nSPS) is 17.5. The van der Waals surface area contributed by atoms with Gasteiger partial charge >= 0.3 is 0 Å². The molecule has 3 N–H and O–H groups in total. The Hall–Kier alpha value is -2.35. The van der Waals surface area contributed by atoms with E-state index >= 15 is 0 Å². The molecule has 0 spiro atoms. The number of aryl methyl sites for hydroxylation is 1. The molecule has 2 atom stereocenters. The van der Waals surface area contributed by atoms with Crippen molar-refractivity contribution in [3.63, 3.8) is 0 Å². The number of guanidine groups is 1. The molecule has 2 aromatic rings. The molecule has 0 radical (unpaired) electrons. The van der Waals surface area contributed by atoms with Gasteiger partial charge in [0.2, 0.25) is 0 Å². The zero-order chi connectivity index (χ0) is 21.2. The molecule has 2 heterocycles. The predicted octanol–water partition coefficient (Wildman–Crippen LogP) is 2.64. The zero-order valence-corrected chi connectivity index (χ0v) is 18.0. The van der Waals surface area contributed by atoms with Crippen LogP contribution in [-0.2, 0) is 4.74 Å². The molecule has 1 aromatic carbocycles. The highest BCUT2D eigenvalue weighted by atomic mass is 16.5. The van der Waals surface area contributed by atoms with Crippen molar-refractivity contribution in [1.82, 2.24) is 15.5 Å². The summed E-state index contributed by atoms with van der Waals surface area (Å²) in [6.45, 7) is 9.20. The fourth-order valence-corrected chi connectivity index (χ4v) is 3.60. The summed E-state index contributed by atoms with van der Waals surface area (Å²) < 4.78 is 11.4. The van der Waals surface area contributed by atoms with Crippen molar-refractivity contribution in [3.05, 3.63) is 59.5 Å². The fraction of sp³-hybridized carbons (Fsp3) is 0.522. The van der Waals surface area contributed by atoms with Crippen LogP contribution in [0.4, 0.5) is 0 Å². The molecule has 1 saturated heterocycles. The van der Waals surface area contributed by atoms with E-state index in [9.17, 15) is 5.11 Å². The summed E-state index contributed by atoms with van der Waals surface area (Å²) in [5, 5.41) is 17.0. The number of furan rings is 1. The monoisotopic (exact) mass is 414 g/mol. The number of morpholine rings is 1. The van der Waals surface area contributed by atoms with Gasteiger partial charge in [-0.15, -0.1) is 0 Å². The molecule has 3 rings (SSSR count). The fourth-order valence-electron chi connectivity index (χ4n) is 3.60. The van der Waals surface area contributed by atoms with Crippen LogP contribution in [0.5, 0.6) is 0 Å². The van der Waals surface area contributed by atoms with Crippen molar-refractivity contribution in [1.29, 1.82) is 0 Å². The second kappa shape index (κ2) is 11.7. The van der Waals surface area contributed by atoms with Gasteiger partial charge in [0.15, 0.2) is 5.96 Å². The van der Waals surface area contributed by atoms with Gasteiger partial charge in [-0.05, 0) is 38.0 Å². The topological polar surface area (TPSA) is 82.3 Å². The number of aliphatic imine (C=N–C) groups is 1. The molecule has 2 unspecified atom stereocenters. The number of nitrogens with one attached hydrogen (secondary N) is 2. The molecule has 7 heteroatoms. The molecule has 1 aliphatic heterocycles. The van der Waals surface area contributed by atoms with Crippen LogP contribution in [0.3, 0.4) is 0 Å². The number of aliphatic hydroxyl groups is 1. The Labute approximate surface area is 179 Å². The van der Waals surface area contributed by atoms with E-state index in [0.29, 0.717) is 19.5 Å². The van der Waals surface area contributed by atoms with Gasteiger partial charge in [0.05, 0.1) is 31.9 Å². The first-order chi connectivity index (χ1) is 14.7. The molecule has 164 valence electrons. The van der Waals surface area contributed by atoms with Crippen LogP contribution in [0.15, 0.2) is 51.9 Å². The van der Waals surface area contributed by atoms with E-state index in [1.807, 2.05) is 56.3 Å². The number of aliphatic hydroxyl groups excluding tert-OH is 1. The lowest BCUT2D eigenvalue weighted by Gasteiger charge is -2.32. The summed E-state index contributed by atoms with van der Waals surface area (Å²) >= 11 is 0. The van der Waals surface area contributed by atoms with Crippen molar-refractivity contribution >= 4 is 5.96 Å². The number of nitrogens with zero attached hydrogens (tertiary/aromatic N) is 2.